The zero-order valence-electron chi connectivity index (χ0n) is 40.8. The first-order valence-corrected chi connectivity index (χ1v) is 27.2. The lowest BCUT2D eigenvalue weighted by atomic mass is 9.86. The van der Waals surface area contributed by atoms with E-state index >= 15 is 0 Å². The Hall–Kier alpha value is -0.200. The van der Waals surface area contributed by atoms with E-state index < -0.39 is 12.2 Å². The lowest BCUT2D eigenvalue weighted by Gasteiger charge is -2.32. The SMILES string of the molecule is CCCCCCCCCCCC(CCCCCCCCCC)CC(CC(O)CO)OC(CC(O)CO)CC(CCCCCCCCCC)CCCCCCCCCCC. The molecule has 59 heavy (non-hydrogen) atoms. The number of unbranched alkanes of at least 4 members (excludes halogenated alkanes) is 30. The fourth-order valence-electron chi connectivity index (χ4n) is 9.57. The highest BCUT2D eigenvalue weighted by Crippen LogP contribution is 2.31. The van der Waals surface area contributed by atoms with E-state index in [0.717, 1.165) is 12.8 Å². The summed E-state index contributed by atoms with van der Waals surface area (Å²) in [6.45, 7) is 8.66. The summed E-state index contributed by atoms with van der Waals surface area (Å²) in [6.07, 6.45) is 51.1. The summed E-state index contributed by atoms with van der Waals surface area (Å²) in [6, 6.07) is 0. The predicted molar refractivity (Wildman–Crippen MR) is 258 cm³/mol. The van der Waals surface area contributed by atoms with Gasteiger partial charge >= 0.3 is 0 Å². The summed E-state index contributed by atoms with van der Waals surface area (Å²) in [4.78, 5) is 0. The molecule has 0 aliphatic rings. The normalized spacial score (nSPS) is 15.1. The van der Waals surface area contributed by atoms with E-state index in [1.54, 1.807) is 0 Å². The van der Waals surface area contributed by atoms with Crippen molar-refractivity contribution in [2.24, 2.45) is 11.8 Å². The van der Waals surface area contributed by atoms with Crippen molar-refractivity contribution < 1.29 is 25.2 Å². The van der Waals surface area contributed by atoms with Gasteiger partial charge in [0, 0.05) is 12.8 Å². The van der Waals surface area contributed by atoms with Crippen LogP contribution in [0.2, 0.25) is 0 Å². The Kier molecular flexibility index (Phi) is 47.1. The Bertz CT molecular complexity index is 716. The second-order valence-corrected chi connectivity index (χ2v) is 19.5. The molecule has 0 heterocycles. The van der Waals surface area contributed by atoms with E-state index in [1.807, 2.05) is 0 Å². The molecule has 0 spiro atoms. The van der Waals surface area contributed by atoms with Crippen molar-refractivity contribution in [1.29, 1.82) is 0 Å². The van der Waals surface area contributed by atoms with Crippen LogP contribution in [-0.2, 0) is 4.74 Å². The third-order valence-electron chi connectivity index (χ3n) is 13.4. The van der Waals surface area contributed by atoms with Gasteiger partial charge in [0.1, 0.15) is 0 Å². The zero-order valence-corrected chi connectivity index (χ0v) is 40.8. The van der Waals surface area contributed by atoms with E-state index in [4.69, 9.17) is 4.74 Å². The number of aliphatic hydroxyl groups is 4. The predicted octanol–water partition coefficient (Wildman–Crippen LogP) is 16.1. The minimum atomic E-state index is -0.796. The van der Waals surface area contributed by atoms with Crippen molar-refractivity contribution in [3.05, 3.63) is 0 Å². The van der Waals surface area contributed by atoms with Crippen LogP contribution in [-0.4, -0.2) is 58.1 Å². The van der Waals surface area contributed by atoms with Crippen LogP contribution >= 0.6 is 0 Å². The van der Waals surface area contributed by atoms with Crippen molar-refractivity contribution in [2.45, 2.75) is 322 Å². The van der Waals surface area contributed by atoms with Crippen molar-refractivity contribution in [1.82, 2.24) is 0 Å². The minimum Gasteiger partial charge on any atom is -0.394 e. The molecule has 5 heteroatoms. The van der Waals surface area contributed by atoms with E-state index in [0.29, 0.717) is 24.7 Å². The molecule has 0 amide bonds. The van der Waals surface area contributed by atoms with Crippen LogP contribution in [0.4, 0.5) is 0 Å². The first kappa shape index (κ1) is 58.8. The highest BCUT2D eigenvalue weighted by molar-refractivity contribution is 4.77. The van der Waals surface area contributed by atoms with Crippen LogP contribution in [0.25, 0.3) is 0 Å². The van der Waals surface area contributed by atoms with Crippen molar-refractivity contribution in [3.63, 3.8) is 0 Å². The van der Waals surface area contributed by atoms with Gasteiger partial charge in [0.2, 0.25) is 0 Å². The Labute approximate surface area is 370 Å². The highest BCUT2D eigenvalue weighted by Gasteiger charge is 2.27. The number of hydrogen-bond acceptors (Lipinski definition) is 5. The van der Waals surface area contributed by atoms with Crippen LogP contribution < -0.4 is 0 Å². The van der Waals surface area contributed by atoms with Crippen LogP contribution in [0.1, 0.15) is 297 Å². The van der Waals surface area contributed by atoms with E-state index in [2.05, 4.69) is 27.7 Å². The Morgan fingerprint density at radius 1 is 0.288 bits per heavy atom. The van der Waals surface area contributed by atoms with Gasteiger partial charge in [0.25, 0.3) is 0 Å². The molecule has 6 atom stereocenters. The fraction of sp³-hybridized carbons (Fsp3) is 1.00. The molecule has 0 aliphatic carbocycles. The molecule has 0 saturated carbocycles. The van der Waals surface area contributed by atoms with Gasteiger partial charge in [0.15, 0.2) is 0 Å². The summed E-state index contributed by atoms with van der Waals surface area (Å²) in [5.41, 5.74) is 0. The van der Waals surface area contributed by atoms with E-state index in [1.165, 1.54) is 244 Å². The van der Waals surface area contributed by atoms with Gasteiger partial charge in [0.05, 0.1) is 37.6 Å². The molecule has 0 aromatic carbocycles. The molecule has 356 valence electrons. The fourth-order valence-corrected chi connectivity index (χ4v) is 9.57. The average molecular weight is 839 g/mol. The first-order chi connectivity index (χ1) is 28.9. The molecular formula is C54H110O5. The van der Waals surface area contributed by atoms with Crippen LogP contribution in [0.5, 0.6) is 0 Å². The summed E-state index contributed by atoms with van der Waals surface area (Å²) in [7, 11) is 0. The van der Waals surface area contributed by atoms with Gasteiger partial charge in [-0.05, 0) is 24.7 Å². The van der Waals surface area contributed by atoms with Gasteiger partial charge in [-0.3, -0.25) is 0 Å². The Morgan fingerprint density at radius 3 is 0.695 bits per heavy atom. The maximum absolute atomic E-state index is 10.8. The quantitative estimate of drug-likeness (QED) is 0.0458. The van der Waals surface area contributed by atoms with Crippen molar-refractivity contribution in [3.8, 4) is 0 Å². The lowest BCUT2D eigenvalue weighted by Crippen LogP contribution is -2.33. The van der Waals surface area contributed by atoms with Crippen molar-refractivity contribution >= 4 is 0 Å². The molecule has 0 aliphatic heterocycles. The third-order valence-corrected chi connectivity index (χ3v) is 13.4. The second-order valence-electron chi connectivity index (χ2n) is 19.5. The van der Waals surface area contributed by atoms with Gasteiger partial charge in [-0.2, -0.15) is 0 Å². The monoisotopic (exact) mass is 839 g/mol. The largest absolute Gasteiger partial charge is 0.394 e. The molecule has 4 N–H and O–H groups in total. The topological polar surface area (TPSA) is 90.2 Å². The zero-order chi connectivity index (χ0) is 43.3. The molecule has 6 unspecified atom stereocenters. The Balaban J connectivity index is 5.71. The van der Waals surface area contributed by atoms with Crippen LogP contribution in [0.3, 0.4) is 0 Å². The third kappa shape index (κ3) is 41.6. The molecule has 0 aromatic heterocycles. The molecular weight excluding hydrogens is 729 g/mol. The van der Waals surface area contributed by atoms with Gasteiger partial charge < -0.3 is 25.2 Å². The summed E-state index contributed by atoms with van der Waals surface area (Å²) < 4.78 is 7.06. The molecule has 0 radical (unpaired) electrons. The molecule has 0 bridgehead atoms. The average Bonchev–Trinajstić information content (AvgIpc) is 3.23. The number of aliphatic hydroxyl groups excluding tert-OH is 4. The smallest absolute Gasteiger partial charge is 0.0795 e. The molecule has 0 saturated heterocycles. The number of hydrogen-bond donors (Lipinski definition) is 4. The standard InChI is InChI=1S/C54H110O5/c1-5-9-13-17-21-25-29-33-37-41-49(39-35-31-27-23-19-15-11-7-3)43-53(45-51(57)47-55)59-54(46-52(58)48-56)44-50(40-36-32-28-24-20-16-12-8-4)42-38-34-30-26-22-18-14-10-6-2/h49-58H,5-48H2,1-4H3. The lowest BCUT2D eigenvalue weighted by molar-refractivity contribution is -0.0812. The van der Waals surface area contributed by atoms with Crippen LogP contribution in [0.15, 0.2) is 0 Å². The van der Waals surface area contributed by atoms with Gasteiger partial charge in [-0.25, -0.2) is 0 Å². The van der Waals surface area contributed by atoms with E-state index in [9.17, 15) is 20.4 Å². The highest BCUT2D eigenvalue weighted by atomic mass is 16.5. The minimum absolute atomic E-state index is 0.151. The second kappa shape index (κ2) is 47.3. The van der Waals surface area contributed by atoms with Gasteiger partial charge in [-0.15, -0.1) is 0 Å². The van der Waals surface area contributed by atoms with Gasteiger partial charge in [-0.1, -0.05) is 272 Å². The number of ether oxygens (including phenoxy) is 1. The molecule has 0 fully saturated rings. The van der Waals surface area contributed by atoms with Crippen molar-refractivity contribution in [2.75, 3.05) is 13.2 Å². The summed E-state index contributed by atoms with van der Waals surface area (Å²) >= 11 is 0. The van der Waals surface area contributed by atoms with E-state index in [-0.39, 0.29) is 25.4 Å². The Morgan fingerprint density at radius 2 is 0.492 bits per heavy atom. The maximum atomic E-state index is 10.8. The number of rotatable bonds is 50. The molecule has 5 nitrogen and oxygen atoms in total. The molecule has 0 rings (SSSR count). The summed E-state index contributed by atoms with van der Waals surface area (Å²) in [5.74, 6) is 1.10. The van der Waals surface area contributed by atoms with Crippen LogP contribution in [0, 0.1) is 11.8 Å². The molecule has 0 aromatic rings. The first-order valence-electron chi connectivity index (χ1n) is 27.2. The summed E-state index contributed by atoms with van der Waals surface area (Å²) in [5, 5.41) is 41.6. The maximum Gasteiger partial charge on any atom is 0.0795 e.